The van der Waals surface area contributed by atoms with Crippen molar-refractivity contribution in [3.63, 3.8) is 0 Å². The molecule has 0 saturated heterocycles. The van der Waals surface area contributed by atoms with Crippen molar-refractivity contribution in [2.75, 3.05) is 18.5 Å². The maximum atomic E-state index is 13.0. The van der Waals surface area contributed by atoms with Crippen LogP contribution in [0.3, 0.4) is 0 Å². The van der Waals surface area contributed by atoms with Crippen molar-refractivity contribution < 1.29 is 23.9 Å². The van der Waals surface area contributed by atoms with Gasteiger partial charge in [0.15, 0.2) is 6.61 Å². The Morgan fingerprint density at radius 1 is 0.971 bits per heavy atom. The maximum absolute atomic E-state index is 13.0. The number of esters is 2. The largest absolute Gasteiger partial charge is 0.462 e. The van der Waals surface area contributed by atoms with E-state index in [1.807, 2.05) is 60.7 Å². The molecule has 1 atom stereocenters. The lowest BCUT2D eigenvalue weighted by Crippen LogP contribution is -2.23. The first-order valence-electron chi connectivity index (χ1n) is 11.6. The lowest BCUT2D eigenvalue weighted by Gasteiger charge is -2.16. The van der Waals surface area contributed by atoms with Gasteiger partial charge in [-0.15, -0.1) is 23.1 Å². The van der Waals surface area contributed by atoms with Crippen molar-refractivity contribution in [2.24, 2.45) is 0 Å². The fourth-order valence-corrected chi connectivity index (χ4v) is 6.30. The molecule has 1 N–H and O–H groups in total. The normalized spacial score (nSPS) is 13.4. The van der Waals surface area contributed by atoms with E-state index in [4.69, 9.17) is 9.47 Å². The van der Waals surface area contributed by atoms with Gasteiger partial charge in [-0.2, -0.15) is 0 Å². The molecule has 2 aromatic carbocycles. The molecule has 1 aromatic heterocycles. The van der Waals surface area contributed by atoms with Crippen molar-refractivity contribution in [1.82, 2.24) is 0 Å². The Hall–Kier alpha value is -3.10. The number of thiophene rings is 1. The summed E-state index contributed by atoms with van der Waals surface area (Å²) in [5.41, 5.74) is 2.20. The van der Waals surface area contributed by atoms with E-state index in [2.05, 4.69) is 5.32 Å². The molecule has 8 heteroatoms. The first-order chi connectivity index (χ1) is 17.1. The summed E-state index contributed by atoms with van der Waals surface area (Å²) < 4.78 is 10.7. The van der Waals surface area contributed by atoms with Gasteiger partial charge in [0.25, 0.3) is 5.91 Å². The van der Waals surface area contributed by atoms with Gasteiger partial charge in [0, 0.05) is 9.77 Å². The third-order valence-electron chi connectivity index (χ3n) is 5.56. The molecule has 0 fully saturated rings. The minimum atomic E-state index is -0.615. The number of fused-ring (bicyclic) bond motifs is 1. The molecule has 182 valence electrons. The zero-order chi connectivity index (χ0) is 24.6. The Morgan fingerprint density at radius 3 is 2.37 bits per heavy atom. The highest BCUT2D eigenvalue weighted by molar-refractivity contribution is 8.00. The van der Waals surface area contributed by atoms with E-state index in [1.54, 1.807) is 6.92 Å². The maximum Gasteiger partial charge on any atom is 0.341 e. The number of thioether (sulfide) groups is 1. The second-order valence-corrected chi connectivity index (χ2v) is 10.3. The molecular weight excluding hydrogens is 482 g/mol. The average molecular weight is 510 g/mol. The lowest BCUT2D eigenvalue weighted by atomic mass is 9.95. The standard InChI is InChI=1S/C27H27NO5S2/c1-2-32-26(30)23-20-15-9-10-16-21(20)35-25(23)28-22(29)17-33-27(31)24(18-11-5-3-6-12-18)34-19-13-7-4-8-14-19/h3-8,11-14,24H,2,9-10,15-17H2,1H3,(H,28,29). The van der Waals surface area contributed by atoms with Crippen molar-refractivity contribution in [1.29, 1.82) is 0 Å². The minimum Gasteiger partial charge on any atom is -0.462 e. The summed E-state index contributed by atoms with van der Waals surface area (Å²) >= 11 is 2.78. The van der Waals surface area contributed by atoms with Crippen LogP contribution < -0.4 is 5.32 Å². The molecule has 35 heavy (non-hydrogen) atoms. The van der Waals surface area contributed by atoms with Gasteiger partial charge in [-0.3, -0.25) is 9.59 Å². The summed E-state index contributed by atoms with van der Waals surface area (Å²) in [5, 5.41) is 2.64. The van der Waals surface area contributed by atoms with E-state index in [-0.39, 0.29) is 6.61 Å². The molecule has 6 nitrogen and oxygen atoms in total. The molecule has 4 rings (SSSR count). The number of rotatable bonds is 9. The number of amides is 1. The van der Waals surface area contributed by atoms with Crippen LogP contribution in [0.1, 0.15) is 51.4 Å². The van der Waals surface area contributed by atoms with E-state index in [0.29, 0.717) is 10.6 Å². The molecule has 1 aliphatic carbocycles. The van der Waals surface area contributed by atoms with Gasteiger partial charge in [0.1, 0.15) is 10.3 Å². The Labute approximate surface area is 213 Å². The summed E-state index contributed by atoms with van der Waals surface area (Å²) in [6.07, 6.45) is 3.73. The van der Waals surface area contributed by atoms with Crippen LogP contribution >= 0.6 is 23.1 Å². The average Bonchev–Trinajstić information content (AvgIpc) is 3.25. The van der Waals surface area contributed by atoms with Gasteiger partial charge in [-0.25, -0.2) is 4.79 Å². The Kier molecular flexibility index (Phi) is 8.60. The smallest absolute Gasteiger partial charge is 0.341 e. The zero-order valence-corrected chi connectivity index (χ0v) is 21.1. The van der Waals surface area contributed by atoms with Gasteiger partial charge < -0.3 is 14.8 Å². The molecule has 0 saturated carbocycles. The van der Waals surface area contributed by atoms with Gasteiger partial charge >= 0.3 is 11.9 Å². The number of carbonyl (C=O) groups is 3. The van der Waals surface area contributed by atoms with Crippen molar-refractivity contribution in [3.8, 4) is 0 Å². The summed E-state index contributed by atoms with van der Waals surface area (Å²) in [4.78, 5) is 40.4. The first-order valence-corrected chi connectivity index (χ1v) is 13.3. The van der Waals surface area contributed by atoms with Crippen LogP contribution in [0.15, 0.2) is 65.6 Å². The van der Waals surface area contributed by atoms with Crippen molar-refractivity contribution in [3.05, 3.63) is 82.2 Å². The van der Waals surface area contributed by atoms with Gasteiger partial charge in [0.05, 0.1) is 12.2 Å². The molecule has 0 spiro atoms. The summed E-state index contributed by atoms with van der Waals surface area (Å²) in [5.74, 6) is -1.42. The Morgan fingerprint density at radius 2 is 1.66 bits per heavy atom. The summed E-state index contributed by atoms with van der Waals surface area (Å²) in [6, 6.07) is 18.9. The number of anilines is 1. The van der Waals surface area contributed by atoms with Crippen LogP contribution in [0.5, 0.6) is 0 Å². The number of ether oxygens (including phenoxy) is 2. The quantitative estimate of drug-likeness (QED) is 0.289. The lowest BCUT2D eigenvalue weighted by molar-refractivity contribution is -0.146. The third kappa shape index (κ3) is 6.32. The number of carbonyl (C=O) groups excluding carboxylic acids is 3. The van der Waals surface area contributed by atoms with E-state index in [1.165, 1.54) is 23.1 Å². The summed E-state index contributed by atoms with van der Waals surface area (Å²) in [6.45, 7) is 1.57. The monoisotopic (exact) mass is 509 g/mol. The molecule has 3 aromatic rings. The number of aryl methyl sites for hydroxylation is 1. The minimum absolute atomic E-state index is 0.258. The highest BCUT2D eigenvalue weighted by Crippen LogP contribution is 2.39. The SMILES string of the molecule is CCOC(=O)c1c(NC(=O)COC(=O)C(Sc2ccccc2)c2ccccc2)sc2c1CCCC2. The fourth-order valence-electron chi connectivity index (χ4n) is 3.96. The van der Waals surface area contributed by atoms with Crippen LogP contribution in [-0.4, -0.2) is 31.1 Å². The Balaban J connectivity index is 1.45. The van der Waals surface area contributed by atoms with E-state index in [0.717, 1.165) is 46.6 Å². The fraction of sp³-hybridized carbons (Fsp3) is 0.296. The van der Waals surface area contributed by atoms with Gasteiger partial charge in [-0.05, 0) is 55.9 Å². The molecule has 1 amide bonds. The predicted octanol–water partition coefficient (Wildman–Crippen LogP) is 5.82. The van der Waals surface area contributed by atoms with Crippen LogP contribution in [-0.2, 0) is 31.9 Å². The second-order valence-electron chi connectivity index (χ2n) is 8.01. The third-order valence-corrected chi connectivity index (χ3v) is 8.01. The number of nitrogens with one attached hydrogen (secondary N) is 1. The molecule has 0 radical (unpaired) electrons. The topological polar surface area (TPSA) is 81.7 Å². The van der Waals surface area contributed by atoms with Gasteiger partial charge in [-0.1, -0.05) is 48.5 Å². The second kappa shape index (κ2) is 12.0. The van der Waals surface area contributed by atoms with Crippen LogP contribution in [0.25, 0.3) is 0 Å². The van der Waals surface area contributed by atoms with Crippen LogP contribution in [0.2, 0.25) is 0 Å². The van der Waals surface area contributed by atoms with E-state index in [9.17, 15) is 14.4 Å². The molecular formula is C27H27NO5S2. The number of hydrogen-bond donors (Lipinski definition) is 1. The molecule has 0 aliphatic heterocycles. The van der Waals surface area contributed by atoms with Crippen molar-refractivity contribution >= 4 is 45.9 Å². The molecule has 1 heterocycles. The van der Waals surface area contributed by atoms with Crippen molar-refractivity contribution in [2.45, 2.75) is 42.8 Å². The first kappa shape index (κ1) is 25.0. The van der Waals surface area contributed by atoms with E-state index >= 15 is 0 Å². The van der Waals surface area contributed by atoms with E-state index < -0.39 is 29.7 Å². The van der Waals surface area contributed by atoms with Crippen LogP contribution in [0, 0.1) is 0 Å². The number of benzene rings is 2. The zero-order valence-electron chi connectivity index (χ0n) is 19.5. The van der Waals surface area contributed by atoms with Crippen LogP contribution in [0.4, 0.5) is 5.00 Å². The summed E-state index contributed by atoms with van der Waals surface area (Å²) in [7, 11) is 0. The highest BCUT2D eigenvalue weighted by atomic mass is 32.2. The van der Waals surface area contributed by atoms with Gasteiger partial charge in [0.2, 0.25) is 0 Å². The predicted molar refractivity (Wildman–Crippen MR) is 138 cm³/mol. The molecule has 1 unspecified atom stereocenters. The molecule has 0 bridgehead atoms. The highest BCUT2D eigenvalue weighted by Gasteiger charge is 2.28. The number of hydrogen-bond acceptors (Lipinski definition) is 7. The Bertz CT molecular complexity index is 1180. The molecule has 1 aliphatic rings.